The van der Waals surface area contributed by atoms with E-state index in [0.717, 1.165) is 11.1 Å². The van der Waals surface area contributed by atoms with Crippen LogP contribution in [-0.2, 0) is 14.9 Å². The molecule has 0 aliphatic carbocycles. The highest BCUT2D eigenvalue weighted by molar-refractivity contribution is 6.02. The second kappa shape index (κ2) is 9.91. The Hall–Kier alpha value is -2.94. The number of rotatable bonds is 7. The number of carbonyl (C=O) groups excluding carboxylic acids is 2. The number of nitrogens with one attached hydrogen (secondary N) is 2. The quantitative estimate of drug-likeness (QED) is 0.553. The maximum Gasteiger partial charge on any atom is 0.254 e. The molecule has 0 saturated carbocycles. The van der Waals surface area contributed by atoms with E-state index in [4.69, 9.17) is 19.9 Å². The van der Waals surface area contributed by atoms with Crippen molar-refractivity contribution < 1.29 is 23.8 Å². The summed E-state index contributed by atoms with van der Waals surface area (Å²) in [5.41, 5.74) is 7.97. The number of hydrogen-bond donors (Lipinski definition) is 3. The average molecular weight is 454 g/mol. The van der Waals surface area contributed by atoms with Gasteiger partial charge in [-0.1, -0.05) is 30.3 Å². The zero-order chi connectivity index (χ0) is 23.4. The highest BCUT2D eigenvalue weighted by Gasteiger charge is 2.40. The normalized spacial score (nSPS) is 24.0. The van der Waals surface area contributed by atoms with Crippen LogP contribution >= 0.6 is 0 Å². The third kappa shape index (κ3) is 4.88. The molecule has 4 rings (SSSR count). The molecule has 33 heavy (non-hydrogen) atoms. The second-order valence-electron chi connectivity index (χ2n) is 8.72. The molecule has 2 heterocycles. The van der Waals surface area contributed by atoms with E-state index in [1.165, 1.54) is 0 Å². The van der Waals surface area contributed by atoms with Gasteiger partial charge < -0.3 is 30.6 Å². The van der Waals surface area contributed by atoms with Crippen LogP contribution in [0.25, 0.3) is 0 Å². The van der Waals surface area contributed by atoms with Crippen molar-refractivity contribution in [3.05, 3.63) is 64.7 Å². The van der Waals surface area contributed by atoms with Crippen LogP contribution in [-0.4, -0.2) is 57.6 Å². The maximum absolute atomic E-state index is 13.0. The largest absolute Gasteiger partial charge is 0.491 e. The summed E-state index contributed by atoms with van der Waals surface area (Å²) in [4.78, 5) is 25.6. The van der Waals surface area contributed by atoms with Gasteiger partial charge in [0.25, 0.3) is 11.8 Å². The summed E-state index contributed by atoms with van der Waals surface area (Å²) in [6.45, 7) is 3.90. The standard InChI is InChI=1S/C25H31N3O5/c1-25(17-7-4-3-5-8-17)15-33-22-19(24(30)27-2)11-16(12-20(22)25)23(29)28-10-6-9-21-31-13-18(26)14-32-21/h3-5,7-8,11-12,18,21H,6,9-10,13-15,26H2,1-2H3,(H,27,30)(H,28,29)/t18-,21-,25-/m0/s1. The van der Waals surface area contributed by atoms with Gasteiger partial charge in [0.1, 0.15) is 12.4 Å². The first-order valence-corrected chi connectivity index (χ1v) is 11.3. The van der Waals surface area contributed by atoms with Crippen LogP contribution in [0.15, 0.2) is 42.5 Å². The van der Waals surface area contributed by atoms with E-state index in [2.05, 4.69) is 17.6 Å². The SMILES string of the molecule is CNC(=O)c1cc(C(=O)NCCC[C@H]2OC[C@H](N)CO2)cc2c1OC[C@@]2(C)c1ccccc1. The van der Waals surface area contributed by atoms with Crippen molar-refractivity contribution in [3.8, 4) is 5.75 Å². The number of benzene rings is 2. The average Bonchev–Trinajstić information content (AvgIpc) is 3.20. The van der Waals surface area contributed by atoms with Gasteiger partial charge in [-0.2, -0.15) is 0 Å². The Kier molecular flexibility index (Phi) is 6.97. The molecule has 1 saturated heterocycles. The lowest BCUT2D eigenvalue weighted by Crippen LogP contribution is -2.41. The van der Waals surface area contributed by atoms with Crippen molar-refractivity contribution in [1.29, 1.82) is 0 Å². The molecular weight excluding hydrogens is 422 g/mol. The molecule has 0 spiro atoms. The number of fused-ring (bicyclic) bond motifs is 1. The summed E-state index contributed by atoms with van der Waals surface area (Å²) < 4.78 is 17.1. The zero-order valence-corrected chi connectivity index (χ0v) is 19.1. The van der Waals surface area contributed by atoms with E-state index in [0.29, 0.717) is 56.1 Å². The Morgan fingerprint density at radius 2 is 1.85 bits per heavy atom. The summed E-state index contributed by atoms with van der Waals surface area (Å²) in [6.07, 6.45) is 1.08. The molecule has 1 atom stereocenters. The minimum absolute atomic E-state index is 0.0826. The predicted molar refractivity (Wildman–Crippen MR) is 123 cm³/mol. The predicted octanol–water partition coefficient (Wildman–Crippen LogP) is 1.95. The van der Waals surface area contributed by atoms with Crippen LogP contribution < -0.4 is 21.1 Å². The molecule has 2 amide bonds. The van der Waals surface area contributed by atoms with Gasteiger partial charge in [-0.25, -0.2) is 0 Å². The molecule has 0 bridgehead atoms. The van der Waals surface area contributed by atoms with Crippen LogP contribution in [0.4, 0.5) is 0 Å². The summed E-state index contributed by atoms with van der Waals surface area (Å²) in [5.74, 6) is 0.00263. The monoisotopic (exact) mass is 453 g/mol. The molecule has 0 radical (unpaired) electrons. The molecule has 1 fully saturated rings. The lowest BCUT2D eigenvalue weighted by Gasteiger charge is -2.27. The minimum atomic E-state index is -0.466. The third-order valence-corrected chi connectivity index (χ3v) is 6.23. The highest BCUT2D eigenvalue weighted by Crippen LogP contribution is 2.45. The van der Waals surface area contributed by atoms with Crippen LogP contribution in [0.1, 0.15) is 51.6 Å². The maximum atomic E-state index is 13.0. The molecule has 2 aliphatic rings. The summed E-state index contributed by atoms with van der Waals surface area (Å²) >= 11 is 0. The fourth-order valence-corrected chi connectivity index (χ4v) is 4.27. The fourth-order valence-electron chi connectivity index (χ4n) is 4.27. The highest BCUT2D eigenvalue weighted by atomic mass is 16.7. The Morgan fingerprint density at radius 3 is 2.55 bits per heavy atom. The fraction of sp³-hybridized carbons (Fsp3) is 0.440. The van der Waals surface area contributed by atoms with E-state index in [1.54, 1.807) is 13.1 Å². The van der Waals surface area contributed by atoms with Gasteiger partial charge in [0.2, 0.25) is 0 Å². The van der Waals surface area contributed by atoms with Gasteiger partial charge in [0.15, 0.2) is 6.29 Å². The molecule has 2 aromatic rings. The molecule has 4 N–H and O–H groups in total. The summed E-state index contributed by atoms with van der Waals surface area (Å²) in [6, 6.07) is 13.3. The molecule has 2 aromatic carbocycles. The van der Waals surface area contributed by atoms with Crippen molar-refractivity contribution in [2.45, 2.75) is 37.5 Å². The summed E-state index contributed by atoms with van der Waals surface area (Å²) in [5, 5.41) is 5.59. The topological polar surface area (TPSA) is 112 Å². The van der Waals surface area contributed by atoms with Gasteiger partial charge >= 0.3 is 0 Å². The van der Waals surface area contributed by atoms with Crippen molar-refractivity contribution in [3.63, 3.8) is 0 Å². The van der Waals surface area contributed by atoms with Crippen LogP contribution in [0.3, 0.4) is 0 Å². The molecular formula is C25H31N3O5. The van der Waals surface area contributed by atoms with Crippen LogP contribution in [0.2, 0.25) is 0 Å². The summed E-state index contributed by atoms with van der Waals surface area (Å²) in [7, 11) is 1.56. The molecule has 8 nitrogen and oxygen atoms in total. The van der Waals surface area contributed by atoms with Gasteiger partial charge in [-0.3, -0.25) is 9.59 Å². The Morgan fingerprint density at radius 1 is 1.12 bits per heavy atom. The van der Waals surface area contributed by atoms with Crippen molar-refractivity contribution in [2.75, 3.05) is 33.4 Å². The first kappa shape index (κ1) is 23.2. The Bertz CT molecular complexity index is 1000. The minimum Gasteiger partial charge on any atom is -0.491 e. The zero-order valence-electron chi connectivity index (χ0n) is 19.1. The lowest BCUT2D eigenvalue weighted by atomic mass is 9.77. The first-order chi connectivity index (χ1) is 15.9. The Labute approximate surface area is 193 Å². The van der Waals surface area contributed by atoms with Gasteiger partial charge in [-0.05, 0) is 31.0 Å². The van der Waals surface area contributed by atoms with Gasteiger partial charge in [0.05, 0.1) is 30.2 Å². The van der Waals surface area contributed by atoms with Crippen LogP contribution in [0, 0.1) is 0 Å². The van der Waals surface area contributed by atoms with Gasteiger partial charge in [0, 0.05) is 31.1 Å². The molecule has 8 heteroatoms. The third-order valence-electron chi connectivity index (χ3n) is 6.23. The first-order valence-electron chi connectivity index (χ1n) is 11.3. The molecule has 0 unspecified atom stereocenters. The van der Waals surface area contributed by atoms with Crippen LogP contribution in [0.5, 0.6) is 5.75 Å². The number of amides is 2. The second-order valence-corrected chi connectivity index (χ2v) is 8.72. The lowest BCUT2D eigenvalue weighted by molar-refractivity contribution is -0.188. The number of carbonyl (C=O) groups is 2. The smallest absolute Gasteiger partial charge is 0.254 e. The van der Waals surface area contributed by atoms with Crippen molar-refractivity contribution in [1.82, 2.24) is 10.6 Å². The van der Waals surface area contributed by atoms with E-state index in [9.17, 15) is 9.59 Å². The van der Waals surface area contributed by atoms with E-state index in [-0.39, 0.29) is 24.1 Å². The van der Waals surface area contributed by atoms with Crippen molar-refractivity contribution >= 4 is 11.8 Å². The molecule has 176 valence electrons. The van der Waals surface area contributed by atoms with E-state index in [1.807, 2.05) is 36.4 Å². The van der Waals surface area contributed by atoms with E-state index >= 15 is 0 Å². The van der Waals surface area contributed by atoms with Crippen molar-refractivity contribution in [2.24, 2.45) is 5.73 Å². The number of hydrogen-bond acceptors (Lipinski definition) is 6. The number of ether oxygens (including phenoxy) is 3. The van der Waals surface area contributed by atoms with Gasteiger partial charge in [-0.15, -0.1) is 0 Å². The molecule has 2 aliphatic heterocycles. The van der Waals surface area contributed by atoms with E-state index < -0.39 is 5.41 Å². The Balaban J connectivity index is 1.51. The molecule has 0 aromatic heterocycles. The number of nitrogens with two attached hydrogens (primary N) is 1.